The number of unbranched alkanes of at least 4 members (excludes halogenated alkanes) is 8. The maximum absolute atomic E-state index is 10.9. The van der Waals surface area contributed by atoms with Crippen molar-refractivity contribution in [3.05, 3.63) is 60.7 Å². The van der Waals surface area contributed by atoms with Crippen molar-refractivity contribution >= 4 is 5.97 Å². The molecule has 1 N–H and O–H groups in total. The van der Waals surface area contributed by atoms with Gasteiger partial charge in [0, 0.05) is 6.42 Å². The zero-order valence-electron chi connectivity index (χ0n) is 19.9. The van der Waals surface area contributed by atoms with Gasteiger partial charge in [0.1, 0.15) is 0 Å². The Bertz CT molecular complexity index is 613. The molecule has 2 aromatic rings. The van der Waals surface area contributed by atoms with Gasteiger partial charge in [-0.1, -0.05) is 139 Å². The lowest BCUT2D eigenvalue weighted by Crippen LogP contribution is -2.08. The van der Waals surface area contributed by atoms with Gasteiger partial charge in [-0.2, -0.15) is 0 Å². The average Bonchev–Trinajstić information content (AvgIpc) is 2.80. The van der Waals surface area contributed by atoms with Crippen molar-refractivity contribution in [3.63, 3.8) is 0 Å². The van der Waals surface area contributed by atoms with Crippen molar-refractivity contribution < 1.29 is 9.90 Å². The lowest BCUT2D eigenvalue weighted by atomic mass is 9.91. The third kappa shape index (κ3) is 14.5. The third-order valence-corrected chi connectivity index (χ3v) is 5.78. The molecule has 2 heteroatoms. The zero-order valence-corrected chi connectivity index (χ0v) is 19.9. The number of aliphatic carboxylic acids is 1. The number of carboxylic acid groups (broad SMARTS) is 1. The molecule has 0 aliphatic carbocycles. The van der Waals surface area contributed by atoms with Gasteiger partial charge < -0.3 is 5.11 Å². The normalized spacial score (nSPS) is 11.4. The third-order valence-electron chi connectivity index (χ3n) is 5.78. The van der Waals surface area contributed by atoms with E-state index < -0.39 is 5.97 Å². The van der Waals surface area contributed by atoms with Crippen LogP contribution in [-0.4, -0.2) is 11.1 Å². The van der Waals surface area contributed by atoms with E-state index in [9.17, 15) is 4.79 Å². The van der Waals surface area contributed by atoms with E-state index in [1.54, 1.807) is 0 Å². The smallest absolute Gasteiger partial charge is 0.303 e. The van der Waals surface area contributed by atoms with Crippen LogP contribution in [0.1, 0.15) is 97.3 Å². The van der Waals surface area contributed by atoms with Gasteiger partial charge in [-0.3, -0.25) is 4.79 Å². The van der Waals surface area contributed by atoms with Crippen LogP contribution in [0.4, 0.5) is 0 Å². The summed E-state index contributed by atoms with van der Waals surface area (Å²) in [7, 11) is 0. The second-order valence-electron chi connectivity index (χ2n) is 8.60. The van der Waals surface area contributed by atoms with Crippen LogP contribution < -0.4 is 0 Å². The second-order valence-corrected chi connectivity index (χ2v) is 8.60. The summed E-state index contributed by atoms with van der Waals surface area (Å²) in [5, 5.41) is 8.96. The number of rotatable bonds is 15. The maximum Gasteiger partial charge on any atom is 0.303 e. The molecular weight excluding hydrogens is 380 g/mol. The van der Waals surface area contributed by atoms with Crippen LogP contribution in [0, 0.1) is 5.92 Å². The molecule has 0 amide bonds. The number of benzene rings is 2. The predicted molar refractivity (Wildman–Crippen MR) is 134 cm³/mol. The van der Waals surface area contributed by atoms with Crippen molar-refractivity contribution in [3.8, 4) is 11.1 Å². The van der Waals surface area contributed by atoms with Crippen LogP contribution in [0.5, 0.6) is 0 Å². The first-order chi connectivity index (χ1) is 15.2. The molecule has 2 rings (SSSR count). The largest absolute Gasteiger partial charge is 0.481 e. The SMILES string of the molecule is CCCCCCCCC(CCCCCC)CC(=O)O.c1ccc(-c2ccccc2)cc1. The van der Waals surface area contributed by atoms with E-state index in [1.165, 1.54) is 75.3 Å². The first-order valence-electron chi connectivity index (χ1n) is 12.5. The van der Waals surface area contributed by atoms with Crippen LogP contribution in [0.2, 0.25) is 0 Å². The number of hydrogen-bond acceptors (Lipinski definition) is 1. The fraction of sp³-hybridized carbons (Fsp3) is 0.552. The van der Waals surface area contributed by atoms with Crippen LogP contribution >= 0.6 is 0 Å². The molecule has 0 bridgehead atoms. The lowest BCUT2D eigenvalue weighted by molar-refractivity contribution is -0.138. The van der Waals surface area contributed by atoms with Crippen molar-refractivity contribution in [1.29, 1.82) is 0 Å². The molecule has 2 aromatic carbocycles. The first-order valence-corrected chi connectivity index (χ1v) is 12.5. The number of hydrogen-bond donors (Lipinski definition) is 1. The van der Waals surface area contributed by atoms with Gasteiger partial charge in [0.2, 0.25) is 0 Å². The van der Waals surface area contributed by atoms with Gasteiger partial charge in [-0.25, -0.2) is 0 Å². The van der Waals surface area contributed by atoms with Gasteiger partial charge in [-0.15, -0.1) is 0 Å². The summed E-state index contributed by atoms with van der Waals surface area (Å²) < 4.78 is 0. The van der Waals surface area contributed by atoms with Crippen molar-refractivity contribution in [2.75, 3.05) is 0 Å². The fourth-order valence-corrected chi connectivity index (χ4v) is 3.93. The molecule has 0 radical (unpaired) electrons. The van der Waals surface area contributed by atoms with E-state index in [0.29, 0.717) is 12.3 Å². The molecule has 2 nitrogen and oxygen atoms in total. The fourth-order valence-electron chi connectivity index (χ4n) is 3.93. The van der Waals surface area contributed by atoms with Gasteiger partial charge in [0.15, 0.2) is 0 Å². The van der Waals surface area contributed by atoms with Gasteiger partial charge in [0.05, 0.1) is 0 Å². The Hall–Kier alpha value is -2.09. The Morgan fingerprint density at radius 1 is 0.645 bits per heavy atom. The minimum Gasteiger partial charge on any atom is -0.481 e. The Morgan fingerprint density at radius 2 is 1.03 bits per heavy atom. The Balaban J connectivity index is 0.000000339. The van der Waals surface area contributed by atoms with E-state index in [-0.39, 0.29) is 0 Å². The highest BCUT2D eigenvalue weighted by atomic mass is 16.4. The molecule has 0 spiro atoms. The van der Waals surface area contributed by atoms with Crippen LogP contribution in [0.15, 0.2) is 60.7 Å². The highest BCUT2D eigenvalue weighted by Gasteiger charge is 2.12. The molecule has 31 heavy (non-hydrogen) atoms. The van der Waals surface area contributed by atoms with E-state index in [2.05, 4.69) is 62.4 Å². The minimum absolute atomic E-state index is 0.376. The van der Waals surface area contributed by atoms with E-state index in [4.69, 9.17) is 5.11 Å². The molecule has 0 fully saturated rings. The van der Waals surface area contributed by atoms with Crippen molar-refractivity contribution in [2.45, 2.75) is 97.3 Å². The summed E-state index contributed by atoms with van der Waals surface area (Å²) in [5.74, 6) is -0.202. The highest BCUT2D eigenvalue weighted by Crippen LogP contribution is 2.22. The molecule has 0 aliphatic heterocycles. The number of carboxylic acids is 1. The van der Waals surface area contributed by atoms with E-state index in [1.807, 2.05) is 12.1 Å². The minimum atomic E-state index is -0.619. The molecule has 0 saturated carbocycles. The number of carbonyl (C=O) groups is 1. The van der Waals surface area contributed by atoms with Crippen LogP contribution in [0.3, 0.4) is 0 Å². The molecule has 1 atom stereocenters. The molecule has 1 unspecified atom stereocenters. The summed E-state index contributed by atoms with van der Waals surface area (Å²) in [5.41, 5.74) is 2.55. The van der Waals surface area contributed by atoms with Crippen molar-refractivity contribution in [1.82, 2.24) is 0 Å². The van der Waals surface area contributed by atoms with Crippen LogP contribution in [0.25, 0.3) is 11.1 Å². The topological polar surface area (TPSA) is 37.3 Å². The summed E-state index contributed by atoms with van der Waals surface area (Å²) >= 11 is 0. The average molecular weight is 425 g/mol. The summed E-state index contributed by atoms with van der Waals surface area (Å²) in [4.78, 5) is 10.9. The maximum atomic E-state index is 10.9. The van der Waals surface area contributed by atoms with Gasteiger partial charge >= 0.3 is 5.97 Å². The summed E-state index contributed by atoms with van der Waals surface area (Å²) in [6, 6.07) is 20.8. The molecule has 0 aliphatic rings. The quantitative estimate of drug-likeness (QED) is 0.289. The van der Waals surface area contributed by atoms with E-state index in [0.717, 1.165) is 12.8 Å². The molecular formula is C29H44O2. The molecule has 0 heterocycles. The monoisotopic (exact) mass is 424 g/mol. The zero-order chi connectivity index (χ0) is 22.6. The van der Waals surface area contributed by atoms with Gasteiger partial charge in [0.25, 0.3) is 0 Å². The van der Waals surface area contributed by atoms with Crippen LogP contribution in [-0.2, 0) is 4.79 Å². The Kier molecular flexibility index (Phi) is 16.2. The molecule has 0 aromatic heterocycles. The molecule has 172 valence electrons. The van der Waals surface area contributed by atoms with Crippen molar-refractivity contribution in [2.24, 2.45) is 5.92 Å². The Morgan fingerprint density at radius 3 is 1.45 bits per heavy atom. The summed E-state index contributed by atoms with van der Waals surface area (Å²) in [6.45, 7) is 4.45. The van der Waals surface area contributed by atoms with Gasteiger partial charge in [-0.05, 0) is 29.9 Å². The first kappa shape index (κ1) is 26.9. The second kappa shape index (κ2) is 18.7. The standard InChI is InChI=1S/C17H34O2.C12H10/c1-3-5-7-9-10-12-14-16(15-17(18)19)13-11-8-6-4-2;1-3-7-11(8-4-1)12-9-5-2-6-10-12/h16H,3-15H2,1-2H3,(H,18,19);1-10H. The Labute approximate surface area is 191 Å². The highest BCUT2D eigenvalue weighted by molar-refractivity contribution is 5.67. The predicted octanol–water partition coefficient (Wildman–Crippen LogP) is 9.15. The lowest BCUT2D eigenvalue weighted by Gasteiger charge is -2.14. The van der Waals surface area contributed by atoms with E-state index >= 15 is 0 Å². The summed E-state index contributed by atoms with van der Waals surface area (Å²) in [6.07, 6.45) is 15.4. The molecule has 0 saturated heterocycles.